The number of rotatable bonds is 7. The second-order valence-corrected chi connectivity index (χ2v) is 9.38. The van der Waals surface area contributed by atoms with Gasteiger partial charge in [-0.1, -0.05) is 24.6 Å². The van der Waals surface area contributed by atoms with E-state index in [9.17, 15) is 14.7 Å². The minimum Gasteiger partial charge on any atom is -0.506 e. The van der Waals surface area contributed by atoms with Crippen LogP contribution in [-0.2, 0) is 20.7 Å². The maximum Gasteiger partial charge on any atom is 0.320 e. The molecule has 7 heteroatoms. The largest absolute Gasteiger partial charge is 0.506 e. The number of hydrogen-bond acceptors (Lipinski definition) is 5. The van der Waals surface area contributed by atoms with Crippen LogP contribution in [0.4, 0.5) is 0 Å². The molecular weight excluding hydrogens is 416 g/mol. The highest BCUT2D eigenvalue weighted by atomic mass is 35.5. The number of likely N-dealkylation sites (tertiary alicyclic amines) is 2. The number of nitrogens with zero attached hydrogens (tertiary/aromatic N) is 2. The van der Waals surface area contributed by atoms with Crippen LogP contribution in [0.2, 0.25) is 5.02 Å². The lowest BCUT2D eigenvalue weighted by Gasteiger charge is -2.40. The first kappa shape index (κ1) is 23.9. The van der Waals surface area contributed by atoms with Crippen molar-refractivity contribution < 1.29 is 19.4 Å². The zero-order valence-electron chi connectivity index (χ0n) is 18.7. The van der Waals surface area contributed by atoms with E-state index in [1.165, 1.54) is 0 Å². The third-order valence-electron chi connectivity index (χ3n) is 6.78. The Morgan fingerprint density at radius 2 is 1.74 bits per heavy atom. The minimum atomic E-state index is -0.128. The molecule has 0 saturated carbocycles. The first-order valence-electron chi connectivity index (χ1n) is 11.5. The number of amides is 1. The minimum absolute atomic E-state index is 0.0678. The van der Waals surface area contributed by atoms with E-state index < -0.39 is 0 Å². The summed E-state index contributed by atoms with van der Waals surface area (Å²) in [5.74, 6) is 1.39. The van der Waals surface area contributed by atoms with Crippen molar-refractivity contribution in [2.24, 2.45) is 17.8 Å². The first-order valence-corrected chi connectivity index (χ1v) is 11.9. The normalized spacial score (nSPS) is 19.9. The average Bonchev–Trinajstić information content (AvgIpc) is 2.76. The topological polar surface area (TPSA) is 70.1 Å². The van der Waals surface area contributed by atoms with Crippen molar-refractivity contribution >= 4 is 23.5 Å². The highest BCUT2D eigenvalue weighted by Crippen LogP contribution is 2.33. The summed E-state index contributed by atoms with van der Waals surface area (Å²) in [6.07, 6.45) is 4.99. The van der Waals surface area contributed by atoms with Gasteiger partial charge in [0.2, 0.25) is 5.91 Å². The smallest absolute Gasteiger partial charge is 0.320 e. The summed E-state index contributed by atoms with van der Waals surface area (Å²) in [6, 6.07) is 5.14. The van der Waals surface area contributed by atoms with Crippen LogP contribution in [-0.4, -0.2) is 66.1 Å². The molecule has 2 fully saturated rings. The molecule has 1 atom stereocenters. The van der Waals surface area contributed by atoms with Crippen LogP contribution in [0.5, 0.6) is 5.75 Å². The molecule has 1 aromatic rings. The Morgan fingerprint density at radius 1 is 1.13 bits per heavy atom. The van der Waals surface area contributed by atoms with Gasteiger partial charge in [-0.15, -0.1) is 0 Å². The van der Waals surface area contributed by atoms with Gasteiger partial charge >= 0.3 is 5.97 Å². The fraction of sp³-hybridized carbons (Fsp3) is 0.667. The van der Waals surface area contributed by atoms with Crippen molar-refractivity contribution in [3.63, 3.8) is 0 Å². The number of carbonyl (C=O) groups excluding carboxylic acids is 2. The summed E-state index contributed by atoms with van der Waals surface area (Å²) in [7, 11) is 0. The van der Waals surface area contributed by atoms with E-state index in [1.54, 1.807) is 12.1 Å². The van der Waals surface area contributed by atoms with Crippen molar-refractivity contribution in [2.45, 2.75) is 46.0 Å². The highest BCUT2D eigenvalue weighted by Gasteiger charge is 2.32. The second kappa shape index (κ2) is 11.2. The molecular formula is C24H35ClN2O4. The van der Waals surface area contributed by atoms with Crippen LogP contribution in [0.3, 0.4) is 0 Å². The predicted octanol–water partition coefficient (Wildman–Crippen LogP) is 3.74. The van der Waals surface area contributed by atoms with E-state index in [4.69, 9.17) is 16.3 Å². The Hall–Kier alpha value is -1.79. The molecule has 0 spiro atoms. The van der Waals surface area contributed by atoms with E-state index >= 15 is 0 Å². The number of halogens is 1. The molecule has 0 radical (unpaired) electrons. The summed E-state index contributed by atoms with van der Waals surface area (Å²) >= 11 is 5.99. The Kier molecular flexibility index (Phi) is 8.61. The molecule has 3 rings (SSSR count). The number of benzene rings is 1. The lowest BCUT2D eigenvalue weighted by molar-refractivity contribution is -0.144. The summed E-state index contributed by atoms with van der Waals surface area (Å²) in [5, 5.41) is 9.89. The van der Waals surface area contributed by atoms with E-state index in [1.807, 2.05) is 24.8 Å². The van der Waals surface area contributed by atoms with Crippen molar-refractivity contribution in [3.05, 3.63) is 28.8 Å². The van der Waals surface area contributed by atoms with Gasteiger partial charge in [-0.3, -0.25) is 14.5 Å². The number of esters is 1. The molecule has 2 heterocycles. The molecule has 0 aromatic heterocycles. The molecule has 0 bridgehead atoms. The average molecular weight is 451 g/mol. The van der Waals surface area contributed by atoms with E-state index in [2.05, 4.69) is 4.90 Å². The van der Waals surface area contributed by atoms with Crippen LogP contribution >= 0.6 is 11.6 Å². The number of ether oxygens (including phenoxy) is 1. The van der Waals surface area contributed by atoms with Gasteiger partial charge in [0.25, 0.3) is 0 Å². The van der Waals surface area contributed by atoms with Gasteiger partial charge in [0.05, 0.1) is 18.2 Å². The van der Waals surface area contributed by atoms with Gasteiger partial charge < -0.3 is 14.7 Å². The number of piperidine rings is 2. The molecule has 2 saturated heterocycles. The maximum absolute atomic E-state index is 12.9. The van der Waals surface area contributed by atoms with Crippen LogP contribution in [0.1, 0.15) is 45.1 Å². The standard InChI is InChI=1S/C24H35ClN2O4/c1-3-31-23(29)16-26-10-6-19(7-11-26)20-8-12-27(13-9-20)24(30)17(2)14-18-4-5-22(28)21(25)15-18/h4-5,15,17,19-20,28H,3,6-14,16H2,1-2H3/t17-/m1/s1. The molecule has 172 valence electrons. The Balaban J connectivity index is 1.41. The van der Waals surface area contributed by atoms with Crippen molar-refractivity contribution in [1.82, 2.24) is 9.80 Å². The molecule has 2 aliphatic rings. The summed E-state index contributed by atoms with van der Waals surface area (Å²) < 4.78 is 5.05. The summed E-state index contributed by atoms with van der Waals surface area (Å²) in [5.41, 5.74) is 0.966. The SMILES string of the molecule is CCOC(=O)CN1CCC(C2CCN(C(=O)[C@H](C)Cc3ccc(O)c(Cl)c3)CC2)CC1. The molecule has 31 heavy (non-hydrogen) atoms. The first-order chi connectivity index (χ1) is 14.9. The number of hydrogen-bond donors (Lipinski definition) is 1. The molecule has 1 amide bonds. The predicted molar refractivity (Wildman–Crippen MR) is 121 cm³/mol. The van der Waals surface area contributed by atoms with Crippen molar-refractivity contribution in [1.29, 1.82) is 0 Å². The van der Waals surface area contributed by atoms with Gasteiger partial charge in [0.15, 0.2) is 0 Å². The molecule has 2 aliphatic heterocycles. The van der Waals surface area contributed by atoms with Crippen molar-refractivity contribution in [2.75, 3.05) is 39.3 Å². The van der Waals surface area contributed by atoms with Crippen molar-refractivity contribution in [3.8, 4) is 5.75 Å². The van der Waals surface area contributed by atoms with Gasteiger partial charge in [-0.05, 0) is 81.6 Å². The third-order valence-corrected chi connectivity index (χ3v) is 7.09. The number of phenols is 1. The maximum atomic E-state index is 12.9. The number of phenolic OH excluding ortho intramolecular Hbond substituents is 1. The third kappa shape index (κ3) is 6.59. The summed E-state index contributed by atoms with van der Waals surface area (Å²) in [6.45, 7) is 8.20. The molecule has 1 N–H and O–H groups in total. The molecule has 1 aromatic carbocycles. The fourth-order valence-corrected chi connectivity index (χ4v) is 5.20. The van der Waals surface area contributed by atoms with Gasteiger partial charge in [0, 0.05) is 19.0 Å². The van der Waals surface area contributed by atoms with Gasteiger partial charge in [-0.25, -0.2) is 0 Å². The van der Waals surface area contributed by atoms with Gasteiger partial charge in [0.1, 0.15) is 5.75 Å². The summed E-state index contributed by atoms with van der Waals surface area (Å²) in [4.78, 5) is 28.8. The van der Waals surface area contributed by atoms with E-state index in [-0.39, 0.29) is 23.5 Å². The number of aromatic hydroxyl groups is 1. The zero-order valence-corrected chi connectivity index (χ0v) is 19.4. The Bertz CT molecular complexity index is 756. The fourth-order valence-electron chi connectivity index (χ4n) is 4.99. The van der Waals surface area contributed by atoms with Crippen LogP contribution in [0.25, 0.3) is 0 Å². The molecule has 0 unspecified atom stereocenters. The second-order valence-electron chi connectivity index (χ2n) is 8.97. The van der Waals surface area contributed by atoms with Crippen LogP contribution in [0.15, 0.2) is 18.2 Å². The quantitative estimate of drug-likeness (QED) is 0.641. The highest BCUT2D eigenvalue weighted by molar-refractivity contribution is 6.32. The molecule has 6 nitrogen and oxygen atoms in total. The van der Waals surface area contributed by atoms with E-state index in [0.717, 1.165) is 57.4 Å². The number of carbonyl (C=O) groups is 2. The monoisotopic (exact) mass is 450 g/mol. The zero-order chi connectivity index (χ0) is 22.4. The van der Waals surface area contributed by atoms with Crippen LogP contribution < -0.4 is 0 Å². The Morgan fingerprint density at radius 3 is 2.32 bits per heavy atom. The Labute approximate surface area is 190 Å². The lowest BCUT2D eigenvalue weighted by Crippen LogP contribution is -2.45. The van der Waals surface area contributed by atoms with Gasteiger partial charge in [-0.2, -0.15) is 0 Å². The van der Waals surface area contributed by atoms with E-state index in [0.29, 0.717) is 36.4 Å². The molecule has 0 aliphatic carbocycles. The van der Waals surface area contributed by atoms with Crippen LogP contribution in [0, 0.1) is 17.8 Å². The lowest BCUT2D eigenvalue weighted by atomic mass is 9.78.